The molecular weight excluding hydrogens is 252 g/mol. The molecule has 0 atom stereocenters. The van der Waals surface area contributed by atoms with Crippen LogP contribution in [0, 0.1) is 0 Å². The van der Waals surface area contributed by atoms with Crippen molar-refractivity contribution < 1.29 is 4.79 Å². The summed E-state index contributed by atoms with van der Waals surface area (Å²) >= 11 is 0. The van der Waals surface area contributed by atoms with Gasteiger partial charge >= 0.3 is 0 Å². The van der Waals surface area contributed by atoms with Gasteiger partial charge in [0.1, 0.15) is 6.54 Å². The molecule has 102 valence electrons. The number of para-hydroxylation sites is 1. The number of amides is 1. The lowest BCUT2D eigenvalue weighted by Crippen LogP contribution is -2.39. The van der Waals surface area contributed by atoms with Gasteiger partial charge in [-0.15, -0.1) is 0 Å². The Bertz CT molecular complexity index is 691. The zero-order valence-electron chi connectivity index (χ0n) is 11.2. The number of aromatic nitrogens is 1. The maximum atomic E-state index is 12.4. The Morgan fingerprint density at radius 3 is 2.75 bits per heavy atom. The minimum absolute atomic E-state index is 0.0366. The first-order valence-corrected chi connectivity index (χ1v) is 6.79. The highest BCUT2D eigenvalue weighted by Crippen LogP contribution is 2.26. The maximum absolute atomic E-state index is 12.4. The molecule has 0 bridgehead atoms. The Morgan fingerprint density at radius 1 is 1.10 bits per heavy atom. The number of benzene rings is 1. The smallest absolute Gasteiger partial charge is 0.250 e. The standard InChI is InChI=1S/C16H16N2O2/c19-15-9-3-4-10-17(15)12-16(20)18-11-5-7-13-6-1-2-8-14(13)18/h1-4,6,8-10H,5,7,11-12H2. The maximum Gasteiger partial charge on any atom is 0.250 e. The molecule has 2 aromatic rings. The SMILES string of the molecule is O=C(Cn1ccccc1=O)N1CCCc2ccccc21. The number of carbonyl (C=O) groups excluding carboxylic acids is 1. The average Bonchev–Trinajstić information content (AvgIpc) is 2.49. The lowest BCUT2D eigenvalue weighted by molar-refractivity contribution is -0.119. The summed E-state index contributed by atoms with van der Waals surface area (Å²) in [5.41, 5.74) is 2.03. The van der Waals surface area contributed by atoms with Crippen LogP contribution in [0.4, 0.5) is 5.69 Å². The van der Waals surface area contributed by atoms with Crippen LogP contribution in [0.1, 0.15) is 12.0 Å². The largest absolute Gasteiger partial charge is 0.311 e. The highest BCUT2D eigenvalue weighted by Gasteiger charge is 2.22. The van der Waals surface area contributed by atoms with E-state index in [1.54, 1.807) is 23.2 Å². The molecule has 1 aliphatic heterocycles. The van der Waals surface area contributed by atoms with Crippen molar-refractivity contribution in [3.05, 3.63) is 64.6 Å². The van der Waals surface area contributed by atoms with Gasteiger partial charge in [-0.3, -0.25) is 9.59 Å². The Balaban J connectivity index is 1.86. The van der Waals surface area contributed by atoms with E-state index in [4.69, 9.17) is 0 Å². The molecule has 1 aliphatic rings. The van der Waals surface area contributed by atoms with Crippen molar-refractivity contribution in [2.45, 2.75) is 19.4 Å². The van der Waals surface area contributed by atoms with Gasteiger partial charge in [0.2, 0.25) is 5.91 Å². The predicted molar refractivity (Wildman–Crippen MR) is 77.8 cm³/mol. The summed E-state index contributed by atoms with van der Waals surface area (Å²) in [6.45, 7) is 0.811. The number of rotatable bonds is 2. The second kappa shape index (κ2) is 5.33. The van der Waals surface area contributed by atoms with E-state index in [9.17, 15) is 9.59 Å². The van der Waals surface area contributed by atoms with Crippen molar-refractivity contribution in [2.24, 2.45) is 0 Å². The number of anilines is 1. The van der Waals surface area contributed by atoms with Crippen LogP contribution < -0.4 is 10.5 Å². The fourth-order valence-electron chi connectivity index (χ4n) is 2.62. The van der Waals surface area contributed by atoms with E-state index >= 15 is 0 Å². The summed E-state index contributed by atoms with van der Waals surface area (Å²) in [5.74, 6) is -0.0366. The van der Waals surface area contributed by atoms with Crippen LogP contribution in [0.15, 0.2) is 53.5 Å². The Kier molecular flexibility index (Phi) is 3.37. The molecule has 0 saturated carbocycles. The Labute approximate surface area is 117 Å². The van der Waals surface area contributed by atoms with E-state index in [0.717, 1.165) is 25.1 Å². The van der Waals surface area contributed by atoms with E-state index in [1.165, 1.54) is 16.2 Å². The Morgan fingerprint density at radius 2 is 1.90 bits per heavy atom. The van der Waals surface area contributed by atoms with E-state index < -0.39 is 0 Å². The molecule has 0 saturated heterocycles. The van der Waals surface area contributed by atoms with Gasteiger partial charge < -0.3 is 9.47 Å². The van der Waals surface area contributed by atoms with Crippen LogP contribution in [-0.4, -0.2) is 17.0 Å². The van der Waals surface area contributed by atoms with Crippen LogP contribution in [0.5, 0.6) is 0 Å². The molecule has 1 aromatic carbocycles. The molecule has 20 heavy (non-hydrogen) atoms. The molecule has 0 radical (unpaired) electrons. The number of aryl methyl sites for hydroxylation is 1. The number of hydrogen-bond acceptors (Lipinski definition) is 2. The fraction of sp³-hybridized carbons (Fsp3) is 0.250. The number of nitrogens with zero attached hydrogens (tertiary/aromatic N) is 2. The van der Waals surface area contributed by atoms with Crippen molar-refractivity contribution in [3.63, 3.8) is 0 Å². The van der Waals surface area contributed by atoms with Gasteiger partial charge in [-0.2, -0.15) is 0 Å². The summed E-state index contributed by atoms with van der Waals surface area (Å²) in [4.78, 5) is 25.9. The summed E-state index contributed by atoms with van der Waals surface area (Å²) in [6, 6.07) is 12.9. The van der Waals surface area contributed by atoms with Crippen LogP contribution in [0.3, 0.4) is 0 Å². The fourth-order valence-corrected chi connectivity index (χ4v) is 2.62. The first-order valence-electron chi connectivity index (χ1n) is 6.79. The van der Waals surface area contributed by atoms with Gasteiger partial charge in [-0.05, 0) is 30.5 Å². The van der Waals surface area contributed by atoms with Crippen LogP contribution >= 0.6 is 0 Å². The van der Waals surface area contributed by atoms with Gasteiger partial charge in [-0.25, -0.2) is 0 Å². The number of fused-ring (bicyclic) bond motifs is 1. The first-order chi connectivity index (χ1) is 9.75. The first kappa shape index (κ1) is 12.7. The molecular formula is C16H16N2O2. The topological polar surface area (TPSA) is 42.3 Å². The van der Waals surface area contributed by atoms with E-state index in [1.807, 2.05) is 18.2 Å². The molecule has 0 spiro atoms. The summed E-state index contributed by atoms with van der Waals surface area (Å²) in [5, 5.41) is 0. The van der Waals surface area contributed by atoms with Crippen LogP contribution in [0.2, 0.25) is 0 Å². The highest BCUT2D eigenvalue weighted by atomic mass is 16.2. The molecule has 0 aliphatic carbocycles. The van der Waals surface area contributed by atoms with Crippen LogP contribution in [0.25, 0.3) is 0 Å². The molecule has 3 rings (SSSR count). The average molecular weight is 268 g/mol. The number of pyridine rings is 1. The summed E-state index contributed by atoms with van der Waals surface area (Å²) in [6.07, 6.45) is 3.62. The molecule has 1 amide bonds. The zero-order chi connectivity index (χ0) is 13.9. The van der Waals surface area contributed by atoms with Gasteiger partial charge in [0, 0.05) is 24.5 Å². The molecule has 0 unspecified atom stereocenters. The van der Waals surface area contributed by atoms with Crippen molar-refractivity contribution >= 4 is 11.6 Å². The second-order valence-corrected chi connectivity index (χ2v) is 4.94. The van der Waals surface area contributed by atoms with Crippen molar-refractivity contribution in [2.75, 3.05) is 11.4 Å². The highest BCUT2D eigenvalue weighted by molar-refractivity contribution is 5.94. The van der Waals surface area contributed by atoms with Crippen molar-refractivity contribution in [1.29, 1.82) is 0 Å². The Hall–Kier alpha value is -2.36. The normalized spacial score (nSPS) is 13.9. The van der Waals surface area contributed by atoms with Gasteiger partial charge in [0.15, 0.2) is 0 Å². The van der Waals surface area contributed by atoms with E-state index in [0.29, 0.717) is 0 Å². The third-order valence-corrected chi connectivity index (χ3v) is 3.62. The number of hydrogen-bond donors (Lipinski definition) is 0. The molecule has 4 nitrogen and oxygen atoms in total. The molecule has 2 heterocycles. The summed E-state index contributed by atoms with van der Waals surface area (Å²) < 4.78 is 1.44. The minimum atomic E-state index is -0.147. The van der Waals surface area contributed by atoms with Crippen molar-refractivity contribution in [3.8, 4) is 0 Å². The third kappa shape index (κ3) is 2.37. The van der Waals surface area contributed by atoms with Crippen LogP contribution in [-0.2, 0) is 17.8 Å². The summed E-state index contributed by atoms with van der Waals surface area (Å²) in [7, 11) is 0. The van der Waals surface area contributed by atoms with E-state index in [-0.39, 0.29) is 18.0 Å². The molecule has 4 heteroatoms. The quantitative estimate of drug-likeness (QED) is 0.834. The monoisotopic (exact) mass is 268 g/mol. The van der Waals surface area contributed by atoms with Gasteiger partial charge in [0.25, 0.3) is 5.56 Å². The van der Waals surface area contributed by atoms with Gasteiger partial charge in [-0.1, -0.05) is 24.3 Å². The predicted octanol–water partition coefficient (Wildman–Crippen LogP) is 1.83. The number of carbonyl (C=O) groups is 1. The molecule has 1 aromatic heterocycles. The zero-order valence-corrected chi connectivity index (χ0v) is 11.2. The minimum Gasteiger partial charge on any atom is -0.311 e. The lowest BCUT2D eigenvalue weighted by atomic mass is 10.0. The second-order valence-electron chi connectivity index (χ2n) is 4.94. The molecule has 0 N–H and O–H groups in total. The lowest BCUT2D eigenvalue weighted by Gasteiger charge is -2.29. The van der Waals surface area contributed by atoms with E-state index in [2.05, 4.69) is 6.07 Å². The van der Waals surface area contributed by atoms with Gasteiger partial charge in [0.05, 0.1) is 0 Å². The third-order valence-electron chi connectivity index (χ3n) is 3.62. The molecule has 0 fully saturated rings. The van der Waals surface area contributed by atoms with Crippen molar-refractivity contribution in [1.82, 2.24) is 4.57 Å².